The summed E-state index contributed by atoms with van der Waals surface area (Å²) in [7, 11) is 0. The molecule has 0 atom stereocenters. The van der Waals surface area contributed by atoms with Gasteiger partial charge in [-0.25, -0.2) is 4.39 Å². The Kier molecular flexibility index (Phi) is 3.46. The normalized spacial score (nSPS) is 10.4. The van der Waals surface area contributed by atoms with Crippen LogP contribution in [0.5, 0.6) is 0 Å². The van der Waals surface area contributed by atoms with E-state index < -0.39 is 0 Å². The molecule has 0 bridgehead atoms. The van der Waals surface area contributed by atoms with Gasteiger partial charge in [0.1, 0.15) is 5.82 Å². The molecule has 0 unspecified atom stereocenters. The van der Waals surface area contributed by atoms with Gasteiger partial charge in [-0.15, -0.1) is 11.3 Å². The van der Waals surface area contributed by atoms with E-state index in [1.807, 2.05) is 12.3 Å². The lowest BCUT2D eigenvalue weighted by atomic mass is 10.2. The third-order valence-electron chi connectivity index (χ3n) is 2.34. The second-order valence-corrected chi connectivity index (χ2v) is 4.94. The number of aryl methyl sites for hydroxylation is 1. The second kappa shape index (κ2) is 4.85. The summed E-state index contributed by atoms with van der Waals surface area (Å²) < 4.78 is 13.4. The predicted molar refractivity (Wildman–Crippen MR) is 67.8 cm³/mol. The summed E-state index contributed by atoms with van der Waals surface area (Å²) in [6, 6.07) is 6.56. The zero-order valence-corrected chi connectivity index (χ0v) is 10.3. The fraction of sp³-hybridized carbons (Fsp3) is 0.167. The molecular formula is C12H11ClFNS. The van der Waals surface area contributed by atoms with Gasteiger partial charge in [0.15, 0.2) is 0 Å². The van der Waals surface area contributed by atoms with Gasteiger partial charge in [-0.05, 0) is 42.1 Å². The lowest BCUT2D eigenvalue weighted by Crippen LogP contribution is -2.00. The molecule has 1 heterocycles. The van der Waals surface area contributed by atoms with Crippen LogP contribution in [-0.2, 0) is 6.54 Å². The molecule has 2 rings (SSSR count). The average Bonchev–Trinajstić information content (AvgIpc) is 2.66. The van der Waals surface area contributed by atoms with Crippen LogP contribution in [0.1, 0.15) is 10.4 Å². The maximum absolute atomic E-state index is 13.4. The highest BCUT2D eigenvalue weighted by Gasteiger charge is 2.04. The molecular weight excluding hydrogens is 245 g/mol. The van der Waals surface area contributed by atoms with Crippen molar-refractivity contribution in [1.29, 1.82) is 0 Å². The van der Waals surface area contributed by atoms with Crippen molar-refractivity contribution < 1.29 is 4.39 Å². The van der Waals surface area contributed by atoms with E-state index in [4.69, 9.17) is 11.6 Å². The lowest BCUT2D eigenvalue weighted by Gasteiger charge is -2.07. The van der Waals surface area contributed by atoms with E-state index in [0.29, 0.717) is 17.3 Å². The second-order valence-electron chi connectivity index (χ2n) is 3.50. The summed E-state index contributed by atoms with van der Waals surface area (Å²) in [4.78, 5) is 1.21. The minimum atomic E-state index is -0.279. The molecule has 0 spiro atoms. The van der Waals surface area contributed by atoms with Crippen molar-refractivity contribution in [1.82, 2.24) is 0 Å². The van der Waals surface area contributed by atoms with Crippen LogP contribution in [-0.4, -0.2) is 0 Å². The lowest BCUT2D eigenvalue weighted by molar-refractivity contribution is 0.630. The number of benzene rings is 1. The standard InChI is InChI=1S/C12H11ClFNS/c1-8-4-5-16-12(8)7-15-11-6-9(13)2-3-10(11)14/h2-6,15H,7H2,1H3. The molecule has 16 heavy (non-hydrogen) atoms. The van der Waals surface area contributed by atoms with Crippen LogP contribution in [0.15, 0.2) is 29.6 Å². The van der Waals surface area contributed by atoms with Gasteiger partial charge in [-0.3, -0.25) is 0 Å². The fourth-order valence-electron chi connectivity index (χ4n) is 1.39. The summed E-state index contributed by atoms with van der Waals surface area (Å²) in [5, 5.41) is 5.61. The monoisotopic (exact) mass is 255 g/mol. The summed E-state index contributed by atoms with van der Waals surface area (Å²) >= 11 is 7.47. The fourth-order valence-corrected chi connectivity index (χ4v) is 2.41. The topological polar surface area (TPSA) is 12.0 Å². The van der Waals surface area contributed by atoms with E-state index in [2.05, 4.69) is 11.4 Å². The van der Waals surface area contributed by atoms with Gasteiger partial charge in [0.05, 0.1) is 5.69 Å². The molecule has 1 aromatic heterocycles. The van der Waals surface area contributed by atoms with Gasteiger partial charge in [-0.1, -0.05) is 11.6 Å². The van der Waals surface area contributed by atoms with Crippen LogP contribution in [0.3, 0.4) is 0 Å². The Morgan fingerprint density at radius 1 is 1.38 bits per heavy atom. The highest BCUT2D eigenvalue weighted by molar-refractivity contribution is 7.10. The number of anilines is 1. The number of rotatable bonds is 3. The smallest absolute Gasteiger partial charge is 0.146 e. The molecule has 0 saturated heterocycles. The molecule has 0 aliphatic heterocycles. The number of hydrogen-bond donors (Lipinski definition) is 1. The zero-order valence-electron chi connectivity index (χ0n) is 8.76. The first-order valence-corrected chi connectivity index (χ1v) is 6.14. The molecule has 84 valence electrons. The van der Waals surface area contributed by atoms with Crippen LogP contribution in [0, 0.1) is 12.7 Å². The van der Waals surface area contributed by atoms with Crippen molar-refractivity contribution in [2.24, 2.45) is 0 Å². The van der Waals surface area contributed by atoms with Gasteiger partial charge in [0.2, 0.25) is 0 Å². The molecule has 0 aliphatic rings. The Hall–Kier alpha value is -1.06. The van der Waals surface area contributed by atoms with E-state index in [1.54, 1.807) is 23.5 Å². The molecule has 1 aromatic carbocycles. The third-order valence-corrected chi connectivity index (χ3v) is 3.59. The molecule has 2 aromatic rings. The Balaban J connectivity index is 2.10. The van der Waals surface area contributed by atoms with Crippen LogP contribution >= 0.6 is 22.9 Å². The Morgan fingerprint density at radius 2 is 2.19 bits per heavy atom. The minimum absolute atomic E-state index is 0.279. The molecule has 0 saturated carbocycles. The number of thiophene rings is 1. The first-order valence-electron chi connectivity index (χ1n) is 4.88. The number of hydrogen-bond acceptors (Lipinski definition) is 2. The van der Waals surface area contributed by atoms with Gasteiger partial charge >= 0.3 is 0 Å². The van der Waals surface area contributed by atoms with Crippen molar-refractivity contribution in [3.8, 4) is 0 Å². The summed E-state index contributed by atoms with van der Waals surface area (Å²) in [5.41, 5.74) is 1.67. The van der Waals surface area contributed by atoms with E-state index in [0.717, 1.165) is 0 Å². The zero-order chi connectivity index (χ0) is 11.5. The Morgan fingerprint density at radius 3 is 2.88 bits per heavy atom. The highest BCUT2D eigenvalue weighted by Crippen LogP contribution is 2.22. The van der Waals surface area contributed by atoms with E-state index >= 15 is 0 Å². The molecule has 1 nitrogen and oxygen atoms in total. The molecule has 0 aliphatic carbocycles. The third kappa shape index (κ3) is 2.54. The van der Waals surface area contributed by atoms with Crippen molar-refractivity contribution in [2.75, 3.05) is 5.32 Å². The maximum atomic E-state index is 13.4. The van der Waals surface area contributed by atoms with Gasteiger partial charge < -0.3 is 5.32 Å². The van der Waals surface area contributed by atoms with Gasteiger partial charge in [0, 0.05) is 16.4 Å². The van der Waals surface area contributed by atoms with Gasteiger partial charge in [-0.2, -0.15) is 0 Å². The maximum Gasteiger partial charge on any atom is 0.146 e. The first-order chi connectivity index (χ1) is 7.66. The van der Waals surface area contributed by atoms with Gasteiger partial charge in [0.25, 0.3) is 0 Å². The summed E-state index contributed by atoms with van der Waals surface area (Å²) in [6.45, 7) is 2.67. The van der Waals surface area contributed by atoms with E-state index in [9.17, 15) is 4.39 Å². The molecule has 0 radical (unpaired) electrons. The Bertz CT molecular complexity index is 496. The molecule has 4 heteroatoms. The van der Waals surface area contributed by atoms with Crippen LogP contribution in [0.2, 0.25) is 5.02 Å². The highest BCUT2D eigenvalue weighted by atomic mass is 35.5. The quantitative estimate of drug-likeness (QED) is 0.854. The molecule has 0 fully saturated rings. The summed E-state index contributed by atoms with van der Waals surface area (Å²) in [6.07, 6.45) is 0. The molecule has 0 amide bonds. The van der Waals surface area contributed by atoms with E-state index in [-0.39, 0.29) is 5.82 Å². The summed E-state index contributed by atoms with van der Waals surface area (Å²) in [5.74, 6) is -0.279. The van der Waals surface area contributed by atoms with Crippen molar-refractivity contribution in [3.05, 3.63) is 50.9 Å². The predicted octanol–water partition coefficient (Wildman–Crippen LogP) is 4.46. The number of nitrogens with one attached hydrogen (secondary N) is 1. The molecule has 1 N–H and O–H groups in total. The van der Waals surface area contributed by atoms with Crippen LogP contribution in [0.25, 0.3) is 0 Å². The average molecular weight is 256 g/mol. The van der Waals surface area contributed by atoms with E-state index in [1.165, 1.54) is 16.5 Å². The number of halogens is 2. The van der Waals surface area contributed by atoms with Crippen LogP contribution in [0.4, 0.5) is 10.1 Å². The largest absolute Gasteiger partial charge is 0.378 e. The SMILES string of the molecule is Cc1ccsc1CNc1cc(Cl)ccc1F. The van der Waals surface area contributed by atoms with Crippen molar-refractivity contribution in [3.63, 3.8) is 0 Å². The first kappa shape index (κ1) is 11.4. The van der Waals surface area contributed by atoms with Crippen molar-refractivity contribution >= 4 is 28.6 Å². The van der Waals surface area contributed by atoms with Crippen LogP contribution < -0.4 is 5.32 Å². The Labute approximate surface area is 103 Å². The minimum Gasteiger partial charge on any atom is -0.378 e. The van der Waals surface area contributed by atoms with Crippen molar-refractivity contribution in [2.45, 2.75) is 13.5 Å².